The maximum atomic E-state index is 12.8. The summed E-state index contributed by atoms with van der Waals surface area (Å²) < 4.78 is 38.3. The van der Waals surface area contributed by atoms with Crippen molar-refractivity contribution in [2.24, 2.45) is 16.3 Å². The Morgan fingerprint density at radius 3 is 2.62 bits per heavy atom. The van der Waals surface area contributed by atoms with E-state index in [9.17, 15) is 13.2 Å². The van der Waals surface area contributed by atoms with Crippen molar-refractivity contribution in [3.63, 3.8) is 0 Å². The Balaban J connectivity index is 1.39. The Hall–Kier alpha value is -2.65. The van der Waals surface area contributed by atoms with E-state index < -0.39 is 11.7 Å². The molecule has 1 fully saturated rings. The zero-order chi connectivity index (χ0) is 22.8. The maximum Gasteiger partial charge on any atom is 0.416 e. The second-order valence-corrected chi connectivity index (χ2v) is 9.57. The van der Waals surface area contributed by atoms with Gasteiger partial charge in [0.2, 0.25) is 0 Å². The summed E-state index contributed by atoms with van der Waals surface area (Å²) in [4.78, 5) is 13.0. The van der Waals surface area contributed by atoms with Gasteiger partial charge in [-0.1, -0.05) is 30.0 Å². The van der Waals surface area contributed by atoms with Crippen LogP contribution in [-0.2, 0) is 12.6 Å². The van der Waals surface area contributed by atoms with Crippen molar-refractivity contribution in [3.8, 4) is 0 Å². The highest BCUT2D eigenvalue weighted by Gasteiger charge is 2.42. The molecule has 0 radical (unpaired) electrons. The maximum absolute atomic E-state index is 12.8. The molecule has 2 aromatic carbocycles. The highest BCUT2D eigenvalue weighted by molar-refractivity contribution is 8.14. The van der Waals surface area contributed by atoms with E-state index in [1.807, 2.05) is 12.1 Å². The number of benzene rings is 2. The number of alkyl halides is 3. The van der Waals surface area contributed by atoms with Crippen molar-refractivity contribution in [2.45, 2.75) is 37.6 Å². The van der Waals surface area contributed by atoms with Crippen molar-refractivity contribution in [3.05, 3.63) is 71.7 Å². The molecular weight excluding hydrogens is 435 g/mol. The number of aromatic nitrogens is 2. The van der Waals surface area contributed by atoms with Crippen LogP contribution in [0.4, 0.5) is 13.2 Å². The van der Waals surface area contributed by atoms with Gasteiger partial charge in [-0.3, -0.25) is 4.99 Å². The van der Waals surface area contributed by atoms with Crippen LogP contribution < -0.4 is 11.3 Å². The zero-order valence-corrected chi connectivity index (χ0v) is 18.4. The molecule has 5 nitrogen and oxygen atoms in total. The fourth-order valence-electron chi connectivity index (χ4n) is 3.66. The van der Waals surface area contributed by atoms with E-state index in [1.165, 1.54) is 18.1 Å². The summed E-state index contributed by atoms with van der Waals surface area (Å²) in [6, 6.07) is 11.5. The first-order valence-corrected chi connectivity index (χ1v) is 11.2. The Kier molecular flexibility index (Phi) is 6.39. The lowest BCUT2D eigenvalue weighted by molar-refractivity contribution is -0.137. The largest absolute Gasteiger partial charge is 0.416 e. The molecule has 168 valence electrons. The van der Waals surface area contributed by atoms with E-state index in [0.29, 0.717) is 18.1 Å². The van der Waals surface area contributed by atoms with E-state index >= 15 is 0 Å². The van der Waals surface area contributed by atoms with Crippen molar-refractivity contribution >= 4 is 27.8 Å². The summed E-state index contributed by atoms with van der Waals surface area (Å²) in [5.41, 5.74) is 4.97. The first-order valence-electron chi connectivity index (χ1n) is 10.3. The number of hydrogen-bond acceptors (Lipinski definition) is 5. The van der Waals surface area contributed by atoms with Crippen LogP contribution in [0.15, 0.2) is 60.0 Å². The Labute approximate surface area is 188 Å². The molecule has 32 heavy (non-hydrogen) atoms. The standard InChI is InChI=1S/C23H24F3N5S/c1-15(17-4-7-20-18(10-17)12-28-14-30-20)32-21(31-27)29-13-22(8-9-22)11-16-2-5-19(6-3-16)23(24,25)26/h2-7,10,12,14-15H,8-9,11,13,27H2,1H3,(H,29,31). The van der Waals surface area contributed by atoms with E-state index in [1.54, 1.807) is 18.3 Å². The number of nitrogens with zero attached hydrogens (tertiary/aromatic N) is 3. The molecular formula is C23H24F3N5S. The molecule has 1 aromatic heterocycles. The molecule has 0 bridgehead atoms. The molecule has 1 aliphatic rings. The number of thioether (sulfide) groups is 1. The summed E-state index contributed by atoms with van der Waals surface area (Å²) >= 11 is 1.53. The molecule has 0 amide bonds. The minimum Gasteiger partial charge on any atom is -0.303 e. The third-order valence-electron chi connectivity index (χ3n) is 5.79. The van der Waals surface area contributed by atoms with Gasteiger partial charge in [-0.15, -0.1) is 0 Å². The first-order chi connectivity index (χ1) is 15.3. The molecule has 3 N–H and O–H groups in total. The fourth-order valence-corrected chi connectivity index (χ4v) is 4.48. The highest BCUT2D eigenvalue weighted by atomic mass is 32.2. The highest BCUT2D eigenvalue weighted by Crippen LogP contribution is 2.49. The lowest BCUT2D eigenvalue weighted by Crippen LogP contribution is -2.29. The van der Waals surface area contributed by atoms with Crippen LogP contribution in [0.25, 0.3) is 10.9 Å². The SMILES string of the molecule is CC(SC(=NCC1(Cc2ccc(C(F)(F)F)cc2)CC1)NN)c1ccc2ncncc2c1. The van der Waals surface area contributed by atoms with Crippen molar-refractivity contribution in [2.75, 3.05) is 6.54 Å². The number of nitrogens with two attached hydrogens (primary N) is 1. The van der Waals surface area contributed by atoms with Gasteiger partial charge in [-0.2, -0.15) is 13.2 Å². The lowest BCUT2D eigenvalue weighted by atomic mass is 9.96. The third kappa shape index (κ3) is 5.39. The molecule has 1 atom stereocenters. The van der Waals surface area contributed by atoms with E-state index in [4.69, 9.17) is 10.8 Å². The zero-order valence-electron chi connectivity index (χ0n) is 17.6. The van der Waals surface area contributed by atoms with E-state index in [-0.39, 0.29) is 10.7 Å². The second kappa shape index (κ2) is 9.07. The molecule has 0 aliphatic heterocycles. The van der Waals surface area contributed by atoms with Crippen LogP contribution >= 0.6 is 11.8 Å². The molecule has 1 saturated carbocycles. The molecule has 3 aromatic rings. The van der Waals surface area contributed by atoms with Gasteiger partial charge in [0.1, 0.15) is 6.33 Å². The number of fused-ring (bicyclic) bond motifs is 1. The topological polar surface area (TPSA) is 76.2 Å². The summed E-state index contributed by atoms with van der Waals surface area (Å²) in [6.45, 7) is 2.66. The van der Waals surface area contributed by atoms with Crippen LogP contribution in [-0.4, -0.2) is 21.7 Å². The summed E-state index contributed by atoms with van der Waals surface area (Å²) in [7, 11) is 0. The van der Waals surface area contributed by atoms with Gasteiger partial charge in [0.15, 0.2) is 5.17 Å². The molecule has 0 saturated heterocycles. The van der Waals surface area contributed by atoms with Gasteiger partial charge in [-0.05, 0) is 67.0 Å². The fraction of sp³-hybridized carbons (Fsp3) is 0.348. The van der Waals surface area contributed by atoms with Crippen molar-refractivity contribution in [1.29, 1.82) is 0 Å². The van der Waals surface area contributed by atoms with Crippen molar-refractivity contribution in [1.82, 2.24) is 15.4 Å². The van der Waals surface area contributed by atoms with E-state index in [0.717, 1.165) is 47.0 Å². The number of aliphatic imine (C=N–C) groups is 1. The first kappa shape index (κ1) is 22.5. The summed E-state index contributed by atoms with van der Waals surface area (Å²) in [5, 5.41) is 1.73. The predicted molar refractivity (Wildman–Crippen MR) is 122 cm³/mol. The number of hydrazine groups is 1. The number of hydrogen-bond donors (Lipinski definition) is 2. The monoisotopic (exact) mass is 459 g/mol. The van der Waals surface area contributed by atoms with E-state index in [2.05, 4.69) is 28.4 Å². The molecule has 1 aliphatic carbocycles. The lowest BCUT2D eigenvalue weighted by Gasteiger charge is -2.16. The Bertz CT molecular complexity index is 1110. The Morgan fingerprint density at radius 2 is 1.97 bits per heavy atom. The minimum atomic E-state index is -4.31. The van der Waals surface area contributed by atoms with Gasteiger partial charge in [-0.25, -0.2) is 15.8 Å². The Morgan fingerprint density at radius 1 is 1.22 bits per heavy atom. The summed E-state index contributed by atoms with van der Waals surface area (Å²) in [6.07, 6.45) is 1.71. The van der Waals surface area contributed by atoms with Gasteiger partial charge >= 0.3 is 6.18 Å². The van der Waals surface area contributed by atoms with Crippen LogP contribution in [0, 0.1) is 5.41 Å². The predicted octanol–water partition coefficient (Wildman–Crippen LogP) is 5.29. The van der Waals surface area contributed by atoms with Crippen LogP contribution in [0.5, 0.6) is 0 Å². The molecule has 0 spiro atoms. The van der Waals surface area contributed by atoms with Crippen LogP contribution in [0.1, 0.15) is 41.7 Å². The number of halogens is 3. The normalized spacial score (nSPS) is 16.7. The van der Waals surface area contributed by atoms with Gasteiger partial charge < -0.3 is 5.43 Å². The number of amidine groups is 1. The van der Waals surface area contributed by atoms with Crippen LogP contribution in [0.3, 0.4) is 0 Å². The quantitative estimate of drug-likeness (QED) is 0.227. The molecule has 9 heteroatoms. The second-order valence-electron chi connectivity index (χ2n) is 8.24. The average Bonchev–Trinajstić information content (AvgIpc) is 3.55. The van der Waals surface area contributed by atoms with Crippen molar-refractivity contribution < 1.29 is 13.2 Å². The number of nitrogens with one attached hydrogen (secondary N) is 1. The number of rotatable bonds is 6. The van der Waals surface area contributed by atoms with Gasteiger partial charge in [0, 0.05) is 23.4 Å². The molecule has 4 rings (SSSR count). The van der Waals surface area contributed by atoms with Crippen LogP contribution in [0.2, 0.25) is 0 Å². The smallest absolute Gasteiger partial charge is 0.303 e. The third-order valence-corrected chi connectivity index (χ3v) is 6.88. The summed E-state index contributed by atoms with van der Waals surface area (Å²) in [5.74, 6) is 5.72. The minimum absolute atomic E-state index is 0.00800. The van der Waals surface area contributed by atoms with Gasteiger partial charge in [0.25, 0.3) is 0 Å². The average molecular weight is 460 g/mol. The van der Waals surface area contributed by atoms with Gasteiger partial charge in [0.05, 0.1) is 11.1 Å². The molecule has 1 heterocycles. The molecule has 1 unspecified atom stereocenters.